The predicted molar refractivity (Wildman–Crippen MR) is 151 cm³/mol. The number of allylic oxidation sites excluding steroid dienone is 2. The van der Waals surface area contributed by atoms with E-state index in [2.05, 4.69) is 6.92 Å². The van der Waals surface area contributed by atoms with Crippen LogP contribution in [0.1, 0.15) is 53.2 Å². The first-order valence-corrected chi connectivity index (χ1v) is 14.5. The fourth-order valence-electron chi connectivity index (χ4n) is 5.44. The van der Waals surface area contributed by atoms with E-state index in [1.807, 2.05) is 77.5 Å². The molecule has 0 spiro atoms. The Labute approximate surface area is 223 Å². The number of fused-ring (bicyclic) bond motifs is 1. The monoisotopic (exact) mass is 525 g/mol. The Hall–Kier alpha value is -3.90. The molecule has 38 heavy (non-hydrogen) atoms. The van der Waals surface area contributed by atoms with Crippen LogP contribution in [0.3, 0.4) is 0 Å². The summed E-state index contributed by atoms with van der Waals surface area (Å²) in [6, 6.07) is 23.9. The van der Waals surface area contributed by atoms with Gasteiger partial charge in [-0.05, 0) is 41.7 Å². The molecular formula is C32H31NO4S. The summed E-state index contributed by atoms with van der Waals surface area (Å²) < 4.78 is 29.7. The minimum absolute atomic E-state index is 0.115. The minimum Gasteiger partial charge on any atom is -0.480 e. The van der Waals surface area contributed by atoms with Crippen LogP contribution in [0.25, 0.3) is 5.52 Å². The maximum absolute atomic E-state index is 14.7. The van der Waals surface area contributed by atoms with E-state index in [-0.39, 0.29) is 11.5 Å². The number of aliphatic carboxylic acids is 1. The SMILES string of the molecule is CCCCc1c(C2(S(=O)(=O)C(C(=O)O)c3ccccc3)C=CC(c3ccccc3)C=C2)cn2ccccc12. The average molecular weight is 526 g/mol. The van der Waals surface area contributed by atoms with E-state index in [0.29, 0.717) is 12.0 Å². The molecule has 4 aromatic rings. The van der Waals surface area contributed by atoms with Crippen molar-refractivity contribution in [3.05, 3.63) is 138 Å². The van der Waals surface area contributed by atoms with E-state index in [4.69, 9.17) is 0 Å². The molecule has 0 amide bonds. The van der Waals surface area contributed by atoms with Crippen LogP contribution in [0.2, 0.25) is 0 Å². The Balaban J connectivity index is 1.76. The van der Waals surface area contributed by atoms with Gasteiger partial charge in [0.05, 0.1) is 0 Å². The van der Waals surface area contributed by atoms with Gasteiger partial charge < -0.3 is 9.51 Å². The minimum atomic E-state index is -4.38. The van der Waals surface area contributed by atoms with Crippen LogP contribution >= 0.6 is 0 Å². The third-order valence-corrected chi connectivity index (χ3v) is 9.92. The molecule has 194 valence electrons. The Kier molecular flexibility index (Phi) is 7.09. The molecule has 0 bridgehead atoms. The highest BCUT2D eigenvalue weighted by molar-refractivity contribution is 7.93. The van der Waals surface area contributed by atoms with Gasteiger partial charge in [0.1, 0.15) is 4.75 Å². The average Bonchev–Trinajstić information content (AvgIpc) is 3.31. The summed E-state index contributed by atoms with van der Waals surface area (Å²) in [5, 5.41) is 8.57. The summed E-state index contributed by atoms with van der Waals surface area (Å²) in [6.45, 7) is 2.10. The Morgan fingerprint density at radius 2 is 1.58 bits per heavy atom. The number of carboxylic acids is 1. The number of nitrogens with zero attached hydrogens (tertiary/aromatic N) is 1. The molecule has 0 aliphatic heterocycles. The molecule has 6 heteroatoms. The van der Waals surface area contributed by atoms with Crippen molar-refractivity contribution in [2.75, 3.05) is 0 Å². The van der Waals surface area contributed by atoms with Gasteiger partial charge in [0.15, 0.2) is 15.1 Å². The van der Waals surface area contributed by atoms with Crippen LogP contribution in [-0.4, -0.2) is 23.9 Å². The number of benzene rings is 2. The molecule has 0 fully saturated rings. The van der Waals surface area contributed by atoms with Gasteiger partial charge in [-0.3, -0.25) is 4.79 Å². The van der Waals surface area contributed by atoms with Gasteiger partial charge in [-0.2, -0.15) is 0 Å². The van der Waals surface area contributed by atoms with Gasteiger partial charge in [0.25, 0.3) is 0 Å². The van der Waals surface area contributed by atoms with Crippen LogP contribution in [0, 0.1) is 0 Å². The molecule has 1 N–H and O–H groups in total. The number of unbranched alkanes of at least 4 members (excludes halogenated alkanes) is 1. The first-order chi connectivity index (χ1) is 18.4. The Morgan fingerprint density at radius 1 is 0.947 bits per heavy atom. The van der Waals surface area contributed by atoms with E-state index in [0.717, 1.165) is 29.5 Å². The number of pyridine rings is 1. The number of aromatic nitrogens is 1. The number of sulfone groups is 1. The Morgan fingerprint density at radius 3 is 2.21 bits per heavy atom. The number of hydrogen-bond acceptors (Lipinski definition) is 3. The van der Waals surface area contributed by atoms with E-state index in [1.54, 1.807) is 42.5 Å². The summed E-state index contributed by atoms with van der Waals surface area (Å²) in [5.74, 6) is -1.50. The van der Waals surface area contributed by atoms with Crippen molar-refractivity contribution in [2.24, 2.45) is 0 Å². The van der Waals surface area contributed by atoms with Gasteiger partial charge in [0, 0.05) is 29.4 Å². The third-order valence-electron chi connectivity index (χ3n) is 7.39. The summed E-state index contributed by atoms with van der Waals surface area (Å²) in [5.41, 5.74) is 3.76. The third kappa shape index (κ3) is 4.39. The molecule has 1 atom stereocenters. The second-order valence-electron chi connectivity index (χ2n) is 9.74. The first kappa shape index (κ1) is 25.7. The van der Waals surface area contributed by atoms with Crippen LogP contribution in [0.5, 0.6) is 0 Å². The second-order valence-corrected chi connectivity index (χ2v) is 12.0. The zero-order valence-corrected chi connectivity index (χ0v) is 22.1. The molecule has 5 rings (SSSR count). The maximum atomic E-state index is 14.7. The van der Waals surface area contributed by atoms with Crippen LogP contribution < -0.4 is 0 Å². The molecule has 1 aliphatic carbocycles. The number of carbonyl (C=O) groups is 1. The smallest absolute Gasteiger partial charge is 0.326 e. The van der Waals surface area contributed by atoms with E-state index in [9.17, 15) is 18.3 Å². The highest BCUT2D eigenvalue weighted by atomic mass is 32.2. The van der Waals surface area contributed by atoms with Gasteiger partial charge in [-0.15, -0.1) is 0 Å². The van der Waals surface area contributed by atoms with Crippen molar-refractivity contribution in [2.45, 2.75) is 42.1 Å². The second kappa shape index (κ2) is 10.5. The first-order valence-electron chi connectivity index (χ1n) is 12.9. The molecule has 1 unspecified atom stereocenters. The lowest BCUT2D eigenvalue weighted by atomic mass is 9.85. The van der Waals surface area contributed by atoms with Crippen molar-refractivity contribution >= 4 is 21.3 Å². The molecule has 1 aliphatic rings. The van der Waals surface area contributed by atoms with Gasteiger partial charge >= 0.3 is 5.97 Å². The highest BCUT2D eigenvalue weighted by Gasteiger charge is 2.51. The van der Waals surface area contributed by atoms with Crippen molar-refractivity contribution in [1.82, 2.24) is 4.40 Å². The number of carboxylic acid groups (broad SMARTS) is 1. The molecule has 2 aromatic carbocycles. The summed E-state index contributed by atoms with van der Waals surface area (Å²) in [7, 11) is -4.38. The highest BCUT2D eigenvalue weighted by Crippen LogP contribution is 2.47. The summed E-state index contributed by atoms with van der Waals surface area (Å²) in [6.07, 6.45) is 13.5. The van der Waals surface area contributed by atoms with Gasteiger partial charge in [-0.25, -0.2) is 8.42 Å². The standard InChI is InChI=1S/C32H31NO4S/c1-2-3-16-27-28(23-33-22-11-10-17-29(27)33)32(20-18-25(19-21-32)24-12-6-4-7-13-24)38(36,37)30(31(34)35)26-14-8-5-9-15-26/h4-15,17-23,25,30H,2-3,16H2,1H3,(H,34,35). The molecule has 0 radical (unpaired) electrons. The molecule has 2 heterocycles. The van der Waals surface area contributed by atoms with Crippen molar-refractivity contribution in [1.29, 1.82) is 0 Å². The molecule has 2 aromatic heterocycles. The van der Waals surface area contributed by atoms with Crippen molar-refractivity contribution in [3.8, 4) is 0 Å². The molecular weight excluding hydrogens is 494 g/mol. The molecule has 0 saturated carbocycles. The van der Waals surface area contributed by atoms with Crippen molar-refractivity contribution in [3.63, 3.8) is 0 Å². The van der Waals surface area contributed by atoms with Crippen LogP contribution in [-0.2, 0) is 25.8 Å². The summed E-state index contributed by atoms with van der Waals surface area (Å²) in [4.78, 5) is 12.6. The Bertz CT molecular complexity index is 1590. The zero-order chi connectivity index (χ0) is 26.8. The number of rotatable bonds is 9. The normalized spacial score (nSPS) is 20.0. The van der Waals surface area contributed by atoms with E-state index in [1.165, 1.54) is 0 Å². The zero-order valence-electron chi connectivity index (χ0n) is 21.3. The lowest BCUT2D eigenvalue weighted by Crippen LogP contribution is -2.40. The topological polar surface area (TPSA) is 75.8 Å². The van der Waals surface area contributed by atoms with Gasteiger partial charge in [-0.1, -0.05) is 104 Å². The van der Waals surface area contributed by atoms with E-state index >= 15 is 0 Å². The van der Waals surface area contributed by atoms with Crippen LogP contribution in [0.4, 0.5) is 0 Å². The largest absolute Gasteiger partial charge is 0.480 e. The predicted octanol–water partition coefficient (Wildman–Crippen LogP) is 6.63. The number of hydrogen-bond donors (Lipinski definition) is 1. The van der Waals surface area contributed by atoms with Crippen LogP contribution in [0.15, 0.2) is 116 Å². The number of aryl methyl sites for hydroxylation is 1. The van der Waals surface area contributed by atoms with Crippen molar-refractivity contribution < 1.29 is 18.3 Å². The molecule has 0 saturated heterocycles. The quantitative estimate of drug-likeness (QED) is 0.249. The maximum Gasteiger partial charge on any atom is 0.326 e. The van der Waals surface area contributed by atoms with Gasteiger partial charge in [0.2, 0.25) is 0 Å². The lowest BCUT2D eigenvalue weighted by Gasteiger charge is -2.34. The molecule has 5 nitrogen and oxygen atoms in total. The lowest BCUT2D eigenvalue weighted by molar-refractivity contribution is -0.136. The summed E-state index contributed by atoms with van der Waals surface area (Å²) >= 11 is 0. The van der Waals surface area contributed by atoms with E-state index < -0.39 is 25.8 Å². The fraction of sp³-hybridized carbons (Fsp3) is 0.219. The fourth-order valence-corrected chi connectivity index (χ4v) is 7.63.